The third-order valence-corrected chi connectivity index (χ3v) is 7.96. The first kappa shape index (κ1) is 22.5. The quantitative estimate of drug-likeness (QED) is 0.291. The Morgan fingerprint density at radius 1 is 1.06 bits per heavy atom. The number of aromatic nitrogens is 4. The topological polar surface area (TPSA) is 76.9 Å². The fraction of sp³-hybridized carbons (Fsp3) is 0.444. The molecule has 0 saturated heterocycles. The van der Waals surface area contributed by atoms with Crippen LogP contribution in [0.4, 0.5) is 16.8 Å². The Bertz CT molecular complexity index is 1270. The van der Waals surface area contributed by atoms with Gasteiger partial charge in [-0.2, -0.15) is 9.36 Å². The minimum atomic E-state index is 0.295. The number of hydrogen-bond acceptors (Lipinski definition) is 7. The van der Waals surface area contributed by atoms with Crippen molar-refractivity contribution in [1.29, 1.82) is 0 Å². The van der Waals surface area contributed by atoms with Gasteiger partial charge < -0.3 is 19.9 Å². The molecule has 0 atom stereocenters. The number of hydrogen-bond donors (Lipinski definition) is 2. The maximum Gasteiger partial charge on any atom is 0.230 e. The van der Waals surface area contributed by atoms with Crippen LogP contribution in [0.3, 0.4) is 0 Å². The molecule has 2 N–H and O–H groups in total. The summed E-state index contributed by atoms with van der Waals surface area (Å²) in [5.41, 5.74) is 4.30. The molecule has 0 spiro atoms. The van der Waals surface area contributed by atoms with Gasteiger partial charge in [0.25, 0.3) is 0 Å². The highest BCUT2D eigenvalue weighted by Gasteiger charge is 2.33. The third kappa shape index (κ3) is 5.04. The number of rotatable bonds is 8. The molecule has 2 aliphatic carbocycles. The average Bonchev–Trinajstić information content (AvgIpc) is 3.45. The summed E-state index contributed by atoms with van der Waals surface area (Å²) >= 11 is 1.44. The first-order valence-corrected chi connectivity index (χ1v) is 13.5. The fourth-order valence-electron chi connectivity index (χ4n) is 5.19. The highest BCUT2D eigenvalue weighted by atomic mass is 32.1. The van der Waals surface area contributed by atoms with Crippen molar-refractivity contribution in [3.63, 3.8) is 0 Å². The van der Waals surface area contributed by atoms with Gasteiger partial charge in [0, 0.05) is 18.3 Å². The van der Waals surface area contributed by atoms with Crippen molar-refractivity contribution < 1.29 is 4.74 Å². The third-order valence-electron chi connectivity index (χ3n) is 7.16. The predicted molar refractivity (Wildman–Crippen MR) is 141 cm³/mol. The van der Waals surface area contributed by atoms with E-state index in [1.54, 1.807) is 0 Å². The molecule has 8 heteroatoms. The van der Waals surface area contributed by atoms with Crippen molar-refractivity contribution in [3.8, 4) is 0 Å². The minimum Gasteiger partial charge on any atom is -0.373 e. The van der Waals surface area contributed by atoms with E-state index in [1.165, 1.54) is 49.2 Å². The molecule has 6 rings (SSSR count). The van der Waals surface area contributed by atoms with E-state index in [2.05, 4.69) is 56.1 Å². The van der Waals surface area contributed by atoms with Gasteiger partial charge >= 0.3 is 0 Å². The smallest absolute Gasteiger partial charge is 0.230 e. The highest BCUT2D eigenvalue weighted by molar-refractivity contribution is 7.10. The molecule has 0 unspecified atom stereocenters. The van der Waals surface area contributed by atoms with Gasteiger partial charge in [-0.15, -0.1) is 0 Å². The van der Waals surface area contributed by atoms with Crippen molar-refractivity contribution in [2.75, 3.05) is 10.6 Å². The highest BCUT2D eigenvalue weighted by Crippen LogP contribution is 2.39. The van der Waals surface area contributed by atoms with Gasteiger partial charge in [0.1, 0.15) is 10.5 Å². The SMILES string of the molecule is Cc1cc(Nc2nc(NC3CCCCC3)c3c(ccn3C3CC(OCc4ccccc4)C3)n2)sn1. The van der Waals surface area contributed by atoms with Gasteiger partial charge in [-0.05, 0) is 61.8 Å². The molecule has 2 saturated carbocycles. The number of benzene rings is 1. The zero-order valence-corrected chi connectivity index (χ0v) is 20.9. The molecular weight excluding hydrogens is 456 g/mol. The van der Waals surface area contributed by atoms with Gasteiger partial charge in [-0.3, -0.25) is 0 Å². The van der Waals surface area contributed by atoms with E-state index in [0.29, 0.717) is 30.7 Å². The molecule has 3 heterocycles. The molecule has 1 aromatic carbocycles. The van der Waals surface area contributed by atoms with Gasteiger partial charge in [0.15, 0.2) is 5.82 Å². The second-order valence-electron chi connectivity index (χ2n) is 9.83. The molecule has 0 bridgehead atoms. The lowest BCUT2D eigenvalue weighted by Crippen LogP contribution is -2.33. The molecule has 3 aromatic heterocycles. The summed E-state index contributed by atoms with van der Waals surface area (Å²) in [5, 5.41) is 8.11. The molecule has 0 radical (unpaired) electrons. The molecule has 2 fully saturated rings. The largest absolute Gasteiger partial charge is 0.373 e. The Morgan fingerprint density at radius 2 is 1.89 bits per heavy atom. The maximum absolute atomic E-state index is 6.17. The summed E-state index contributed by atoms with van der Waals surface area (Å²) in [4.78, 5) is 9.82. The normalized spacial score (nSPS) is 20.6. The Balaban J connectivity index is 1.22. The average molecular weight is 489 g/mol. The van der Waals surface area contributed by atoms with Crippen LogP contribution >= 0.6 is 11.5 Å². The lowest BCUT2D eigenvalue weighted by molar-refractivity contribution is -0.0347. The van der Waals surface area contributed by atoms with E-state index >= 15 is 0 Å². The summed E-state index contributed by atoms with van der Waals surface area (Å²) in [5.74, 6) is 1.55. The zero-order chi connectivity index (χ0) is 23.6. The van der Waals surface area contributed by atoms with Crippen LogP contribution < -0.4 is 10.6 Å². The molecular formula is C27H32N6OS. The summed E-state index contributed by atoms with van der Waals surface area (Å²) in [6.45, 7) is 2.67. The number of nitrogens with one attached hydrogen (secondary N) is 2. The van der Waals surface area contributed by atoms with Crippen molar-refractivity contribution in [2.24, 2.45) is 0 Å². The van der Waals surface area contributed by atoms with Crippen molar-refractivity contribution in [1.82, 2.24) is 18.9 Å². The minimum absolute atomic E-state index is 0.295. The summed E-state index contributed by atoms with van der Waals surface area (Å²) < 4.78 is 12.9. The van der Waals surface area contributed by atoms with Crippen molar-refractivity contribution >= 4 is 39.3 Å². The zero-order valence-electron chi connectivity index (χ0n) is 20.1. The number of aryl methyl sites for hydroxylation is 1. The Labute approximate surface area is 210 Å². The Morgan fingerprint density at radius 3 is 2.66 bits per heavy atom. The van der Waals surface area contributed by atoms with Crippen LogP contribution in [0.2, 0.25) is 0 Å². The molecule has 182 valence electrons. The Hall–Kier alpha value is -2.97. The molecule has 4 aromatic rings. The van der Waals surface area contributed by atoms with Crippen LogP contribution in [0.25, 0.3) is 11.0 Å². The molecule has 2 aliphatic rings. The first-order valence-electron chi connectivity index (χ1n) is 12.7. The van der Waals surface area contributed by atoms with Crippen LogP contribution in [0.15, 0.2) is 48.7 Å². The fourth-order valence-corrected chi connectivity index (χ4v) is 5.85. The van der Waals surface area contributed by atoms with E-state index in [4.69, 9.17) is 14.7 Å². The van der Waals surface area contributed by atoms with E-state index < -0.39 is 0 Å². The maximum atomic E-state index is 6.17. The number of ether oxygens (including phenoxy) is 1. The van der Waals surface area contributed by atoms with Gasteiger partial charge in [0.05, 0.1) is 23.9 Å². The summed E-state index contributed by atoms with van der Waals surface area (Å²) in [7, 11) is 0. The number of anilines is 3. The standard InChI is InChI=1S/C27H32N6OS/c1-18-14-24(35-32-18)30-27-29-23-12-13-33(25(23)26(31-27)28-20-10-6-3-7-11-20)21-15-22(16-21)34-17-19-8-4-2-5-9-19/h2,4-5,8-9,12-14,20-22H,3,6-7,10-11,15-17H2,1H3,(H2,28,29,30,31). The number of nitrogens with zero attached hydrogens (tertiary/aromatic N) is 4. The van der Waals surface area contributed by atoms with Crippen molar-refractivity contribution in [2.45, 2.75) is 76.7 Å². The monoisotopic (exact) mass is 488 g/mol. The molecule has 35 heavy (non-hydrogen) atoms. The number of fused-ring (bicyclic) bond motifs is 1. The predicted octanol–water partition coefficient (Wildman–Crippen LogP) is 6.60. The molecule has 0 amide bonds. The lowest BCUT2D eigenvalue weighted by atomic mass is 9.89. The van der Waals surface area contributed by atoms with Crippen LogP contribution in [-0.2, 0) is 11.3 Å². The van der Waals surface area contributed by atoms with E-state index in [9.17, 15) is 0 Å². The van der Waals surface area contributed by atoms with E-state index in [-0.39, 0.29) is 0 Å². The van der Waals surface area contributed by atoms with Crippen LogP contribution in [0.5, 0.6) is 0 Å². The molecule has 7 nitrogen and oxygen atoms in total. The van der Waals surface area contributed by atoms with Gasteiger partial charge in [-0.1, -0.05) is 49.6 Å². The van der Waals surface area contributed by atoms with E-state index in [1.807, 2.05) is 19.1 Å². The van der Waals surface area contributed by atoms with Crippen LogP contribution in [0.1, 0.15) is 62.2 Å². The lowest BCUT2D eigenvalue weighted by Gasteiger charge is -2.37. The van der Waals surface area contributed by atoms with Gasteiger partial charge in [0.2, 0.25) is 5.95 Å². The van der Waals surface area contributed by atoms with E-state index in [0.717, 1.165) is 40.4 Å². The molecule has 0 aliphatic heterocycles. The summed E-state index contributed by atoms with van der Waals surface area (Å²) in [6, 6.07) is 15.4. The van der Waals surface area contributed by atoms with Gasteiger partial charge in [-0.25, -0.2) is 4.98 Å². The second-order valence-corrected chi connectivity index (χ2v) is 10.6. The summed E-state index contributed by atoms with van der Waals surface area (Å²) in [6.07, 6.45) is 10.8. The Kier molecular flexibility index (Phi) is 6.39. The van der Waals surface area contributed by atoms with Crippen molar-refractivity contribution in [3.05, 3.63) is 59.9 Å². The first-order chi connectivity index (χ1) is 17.2. The van der Waals surface area contributed by atoms with Crippen LogP contribution in [-0.4, -0.2) is 31.1 Å². The second kappa shape index (κ2) is 9.95. The van der Waals surface area contributed by atoms with Crippen LogP contribution in [0, 0.1) is 6.92 Å².